The third kappa shape index (κ3) is 2.59. The molecule has 1 fully saturated rings. The lowest BCUT2D eigenvalue weighted by Crippen LogP contribution is -2.24. The molecule has 1 aliphatic heterocycles. The molecule has 3 heterocycles. The van der Waals surface area contributed by atoms with Crippen LogP contribution in [0, 0.1) is 5.92 Å². The molecule has 0 atom stereocenters. The Balaban J connectivity index is 2.01. The molecule has 3 rings (SSSR count). The van der Waals surface area contributed by atoms with Crippen LogP contribution in [0.1, 0.15) is 39.3 Å². The molecule has 3 heteroatoms. The second kappa shape index (κ2) is 5.21. The maximum Gasteiger partial charge on any atom is 0.140 e. The predicted molar refractivity (Wildman–Crippen MR) is 82.0 cm³/mol. The first-order chi connectivity index (χ1) is 9.55. The Hall–Kier alpha value is -1.35. The van der Waals surface area contributed by atoms with Crippen molar-refractivity contribution in [1.29, 1.82) is 0 Å². The van der Waals surface area contributed by atoms with Crippen molar-refractivity contribution in [3.63, 3.8) is 0 Å². The summed E-state index contributed by atoms with van der Waals surface area (Å²) in [5.41, 5.74) is 2.66. The molecule has 0 radical (unpaired) electrons. The highest BCUT2D eigenvalue weighted by Crippen LogP contribution is 2.30. The van der Waals surface area contributed by atoms with Crippen LogP contribution in [0.15, 0.2) is 24.4 Å². The molecule has 0 unspecified atom stereocenters. The van der Waals surface area contributed by atoms with E-state index in [9.17, 15) is 0 Å². The molecule has 108 valence electrons. The fraction of sp³-hybridized carbons (Fsp3) is 0.588. The maximum absolute atomic E-state index is 5.48. The van der Waals surface area contributed by atoms with Crippen LogP contribution in [0.3, 0.4) is 0 Å². The Morgan fingerprint density at radius 3 is 2.75 bits per heavy atom. The Bertz CT molecular complexity index is 589. The SMILES string of the molecule is CC(C)(C)c1cc2cccnc2n1CC1CCOCC1. The number of nitrogens with zero attached hydrogens (tertiary/aromatic N) is 2. The second-order valence-electron chi connectivity index (χ2n) is 6.86. The molecule has 0 saturated carbocycles. The van der Waals surface area contributed by atoms with Crippen molar-refractivity contribution in [3.05, 3.63) is 30.1 Å². The highest BCUT2D eigenvalue weighted by molar-refractivity contribution is 5.77. The molecular weight excluding hydrogens is 248 g/mol. The third-order valence-corrected chi connectivity index (χ3v) is 4.21. The van der Waals surface area contributed by atoms with E-state index < -0.39 is 0 Å². The van der Waals surface area contributed by atoms with Gasteiger partial charge in [0.15, 0.2) is 0 Å². The minimum atomic E-state index is 0.145. The van der Waals surface area contributed by atoms with E-state index in [1.54, 1.807) is 0 Å². The van der Waals surface area contributed by atoms with Crippen molar-refractivity contribution in [2.75, 3.05) is 13.2 Å². The lowest BCUT2D eigenvalue weighted by molar-refractivity contribution is 0.0612. The summed E-state index contributed by atoms with van der Waals surface area (Å²) >= 11 is 0. The summed E-state index contributed by atoms with van der Waals surface area (Å²) in [7, 11) is 0. The standard InChI is InChI=1S/C17H24N2O/c1-17(2,3)15-11-14-5-4-8-18-16(14)19(15)12-13-6-9-20-10-7-13/h4-5,8,11,13H,6-7,9-10,12H2,1-3H3. The average molecular weight is 272 g/mol. The fourth-order valence-electron chi connectivity index (χ4n) is 3.08. The zero-order valence-electron chi connectivity index (χ0n) is 12.7. The van der Waals surface area contributed by atoms with E-state index in [-0.39, 0.29) is 5.41 Å². The largest absolute Gasteiger partial charge is 0.381 e. The third-order valence-electron chi connectivity index (χ3n) is 4.21. The predicted octanol–water partition coefficient (Wildman–Crippen LogP) is 3.76. The van der Waals surface area contributed by atoms with Gasteiger partial charge in [0, 0.05) is 42.5 Å². The normalized spacial score (nSPS) is 17.8. The van der Waals surface area contributed by atoms with Crippen LogP contribution in [0.5, 0.6) is 0 Å². The van der Waals surface area contributed by atoms with E-state index in [0.29, 0.717) is 5.92 Å². The number of hydrogen-bond acceptors (Lipinski definition) is 2. The Morgan fingerprint density at radius 1 is 1.30 bits per heavy atom. The van der Waals surface area contributed by atoms with E-state index in [0.717, 1.165) is 38.2 Å². The monoisotopic (exact) mass is 272 g/mol. The van der Waals surface area contributed by atoms with E-state index >= 15 is 0 Å². The molecule has 0 amide bonds. The van der Waals surface area contributed by atoms with Gasteiger partial charge in [0.05, 0.1) is 0 Å². The topological polar surface area (TPSA) is 27.1 Å². The van der Waals surface area contributed by atoms with Gasteiger partial charge in [-0.15, -0.1) is 0 Å². The lowest BCUT2D eigenvalue weighted by atomic mass is 9.91. The summed E-state index contributed by atoms with van der Waals surface area (Å²) < 4.78 is 7.91. The van der Waals surface area contributed by atoms with Crippen LogP contribution in [0.25, 0.3) is 11.0 Å². The van der Waals surface area contributed by atoms with Crippen LogP contribution in [-0.4, -0.2) is 22.8 Å². The number of aromatic nitrogens is 2. The first-order valence-electron chi connectivity index (χ1n) is 7.58. The zero-order chi connectivity index (χ0) is 14.2. The van der Waals surface area contributed by atoms with E-state index in [4.69, 9.17) is 4.74 Å². The minimum Gasteiger partial charge on any atom is -0.381 e. The number of hydrogen-bond donors (Lipinski definition) is 0. The summed E-state index contributed by atoms with van der Waals surface area (Å²) in [6.07, 6.45) is 4.22. The van der Waals surface area contributed by atoms with Gasteiger partial charge in [0.25, 0.3) is 0 Å². The molecule has 0 bridgehead atoms. The van der Waals surface area contributed by atoms with Crippen LogP contribution >= 0.6 is 0 Å². The Labute approximate surface area is 121 Å². The lowest BCUT2D eigenvalue weighted by Gasteiger charge is -2.27. The van der Waals surface area contributed by atoms with Crippen LogP contribution < -0.4 is 0 Å². The highest BCUT2D eigenvalue weighted by Gasteiger charge is 2.24. The van der Waals surface area contributed by atoms with Gasteiger partial charge in [0.2, 0.25) is 0 Å². The van der Waals surface area contributed by atoms with Gasteiger partial charge in [-0.1, -0.05) is 20.8 Å². The van der Waals surface area contributed by atoms with E-state index in [1.807, 2.05) is 12.3 Å². The molecule has 1 saturated heterocycles. The first-order valence-corrected chi connectivity index (χ1v) is 7.58. The molecule has 2 aromatic rings. The number of ether oxygens (including phenoxy) is 1. The molecule has 3 nitrogen and oxygen atoms in total. The molecule has 0 aromatic carbocycles. The molecule has 0 aliphatic carbocycles. The fourth-order valence-corrected chi connectivity index (χ4v) is 3.08. The van der Waals surface area contributed by atoms with Crippen molar-refractivity contribution in [1.82, 2.24) is 9.55 Å². The average Bonchev–Trinajstić information content (AvgIpc) is 2.79. The van der Waals surface area contributed by atoms with Gasteiger partial charge in [-0.25, -0.2) is 4.98 Å². The molecule has 2 aromatic heterocycles. The van der Waals surface area contributed by atoms with Crippen molar-refractivity contribution >= 4 is 11.0 Å². The molecule has 0 N–H and O–H groups in total. The van der Waals surface area contributed by atoms with Crippen LogP contribution in [-0.2, 0) is 16.7 Å². The first kappa shape index (κ1) is 13.6. The Kier molecular flexibility index (Phi) is 3.55. The van der Waals surface area contributed by atoms with Crippen molar-refractivity contribution in [2.45, 2.75) is 45.6 Å². The van der Waals surface area contributed by atoms with Gasteiger partial charge in [-0.3, -0.25) is 0 Å². The quantitative estimate of drug-likeness (QED) is 0.832. The van der Waals surface area contributed by atoms with Crippen LogP contribution in [0.2, 0.25) is 0 Å². The summed E-state index contributed by atoms with van der Waals surface area (Å²) in [5.74, 6) is 0.711. The minimum absolute atomic E-state index is 0.145. The molecule has 0 spiro atoms. The summed E-state index contributed by atoms with van der Waals surface area (Å²) in [6.45, 7) is 9.71. The van der Waals surface area contributed by atoms with E-state index in [2.05, 4.69) is 42.5 Å². The number of fused-ring (bicyclic) bond motifs is 1. The van der Waals surface area contributed by atoms with E-state index in [1.165, 1.54) is 11.1 Å². The summed E-state index contributed by atoms with van der Waals surface area (Å²) in [6, 6.07) is 6.49. The van der Waals surface area contributed by atoms with Crippen molar-refractivity contribution in [3.8, 4) is 0 Å². The molecule has 20 heavy (non-hydrogen) atoms. The van der Waals surface area contributed by atoms with Crippen molar-refractivity contribution < 1.29 is 4.74 Å². The zero-order valence-corrected chi connectivity index (χ0v) is 12.7. The number of pyridine rings is 1. The summed E-state index contributed by atoms with van der Waals surface area (Å²) in [5, 5.41) is 1.25. The van der Waals surface area contributed by atoms with Gasteiger partial charge in [0.1, 0.15) is 5.65 Å². The number of rotatable bonds is 2. The van der Waals surface area contributed by atoms with Gasteiger partial charge < -0.3 is 9.30 Å². The maximum atomic E-state index is 5.48. The smallest absolute Gasteiger partial charge is 0.140 e. The van der Waals surface area contributed by atoms with Crippen LogP contribution in [0.4, 0.5) is 0 Å². The van der Waals surface area contributed by atoms with Gasteiger partial charge in [-0.05, 0) is 37.0 Å². The van der Waals surface area contributed by atoms with Gasteiger partial charge >= 0.3 is 0 Å². The summed E-state index contributed by atoms with van der Waals surface area (Å²) in [4.78, 5) is 4.61. The molecular formula is C17H24N2O. The molecule has 1 aliphatic rings. The second-order valence-corrected chi connectivity index (χ2v) is 6.86. The van der Waals surface area contributed by atoms with Crippen molar-refractivity contribution in [2.24, 2.45) is 5.92 Å². The van der Waals surface area contributed by atoms with Gasteiger partial charge in [-0.2, -0.15) is 0 Å². The Morgan fingerprint density at radius 2 is 2.05 bits per heavy atom. The highest BCUT2D eigenvalue weighted by atomic mass is 16.5.